The van der Waals surface area contributed by atoms with Crippen LogP contribution in [0.4, 0.5) is 0 Å². The topological polar surface area (TPSA) is 66.8 Å². The number of likely N-dealkylation sites (tertiary alicyclic amines) is 1. The summed E-state index contributed by atoms with van der Waals surface area (Å²) in [4.78, 5) is 26.1. The molecule has 1 heterocycles. The van der Waals surface area contributed by atoms with Gasteiger partial charge < -0.3 is 14.7 Å². The minimum absolute atomic E-state index is 0.0446. The number of halogens is 1. The minimum Gasteiger partial charge on any atom is -0.507 e. The molecule has 1 N–H and O–H groups in total. The maximum Gasteiger partial charge on any atom is 0.342 e. The Morgan fingerprint density at radius 3 is 2.52 bits per heavy atom. The molecule has 0 aliphatic carbocycles. The number of phenolic OH excluding ortho intramolecular Hbond substituents is 1. The number of hydrogen-bond donors (Lipinski definition) is 1. The van der Waals surface area contributed by atoms with Gasteiger partial charge in [0.05, 0.1) is 0 Å². The summed E-state index contributed by atoms with van der Waals surface area (Å²) in [6.45, 7) is 0.987. The van der Waals surface area contributed by atoms with E-state index in [-0.39, 0.29) is 23.8 Å². The van der Waals surface area contributed by atoms with Crippen LogP contribution >= 0.6 is 11.6 Å². The first-order valence-electron chi connectivity index (χ1n) is 9.00. The summed E-state index contributed by atoms with van der Waals surface area (Å²) in [7, 11) is 0. The summed E-state index contributed by atoms with van der Waals surface area (Å²) in [6.07, 6.45) is 2.89. The lowest BCUT2D eigenvalue weighted by Crippen LogP contribution is -2.41. The summed E-state index contributed by atoms with van der Waals surface area (Å²) >= 11 is 5.82. The third-order valence-corrected chi connectivity index (χ3v) is 5.07. The highest BCUT2D eigenvalue weighted by Gasteiger charge is 2.24. The van der Waals surface area contributed by atoms with Crippen LogP contribution in [0.1, 0.15) is 28.8 Å². The van der Waals surface area contributed by atoms with Gasteiger partial charge in [-0.2, -0.15) is 0 Å². The number of amides is 1. The van der Waals surface area contributed by atoms with E-state index in [1.807, 2.05) is 18.2 Å². The predicted molar refractivity (Wildman–Crippen MR) is 103 cm³/mol. The Labute approximate surface area is 163 Å². The number of esters is 1. The predicted octanol–water partition coefficient (Wildman–Crippen LogP) is 3.68. The number of hydrogen-bond acceptors (Lipinski definition) is 4. The van der Waals surface area contributed by atoms with E-state index in [0.29, 0.717) is 24.0 Å². The van der Waals surface area contributed by atoms with E-state index in [1.165, 1.54) is 23.8 Å². The molecule has 0 radical (unpaired) electrons. The molecule has 6 heteroatoms. The van der Waals surface area contributed by atoms with Crippen molar-refractivity contribution < 1.29 is 19.4 Å². The van der Waals surface area contributed by atoms with Crippen LogP contribution in [0.2, 0.25) is 5.02 Å². The van der Waals surface area contributed by atoms with Crippen LogP contribution in [-0.2, 0) is 16.0 Å². The van der Waals surface area contributed by atoms with Crippen molar-refractivity contribution in [1.29, 1.82) is 0 Å². The number of carbonyl (C=O) groups is 2. The van der Waals surface area contributed by atoms with Crippen molar-refractivity contribution in [2.75, 3.05) is 19.7 Å². The van der Waals surface area contributed by atoms with Crippen LogP contribution in [0.25, 0.3) is 0 Å². The molecule has 0 saturated carbocycles. The van der Waals surface area contributed by atoms with Gasteiger partial charge in [-0.1, -0.05) is 41.9 Å². The van der Waals surface area contributed by atoms with E-state index in [2.05, 4.69) is 12.1 Å². The van der Waals surface area contributed by atoms with E-state index < -0.39 is 5.97 Å². The number of aromatic hydroxyl groups is 1. The largest absolute Gasteiger partial charge is 0.507 e. The van der Waals surface area contributed by atoms with Crippen molar-refractivity contribution in [3.8, 4) is 5.75 Å². The molecule has 5 nitrogen and oxygen atoms in total. The van der Waals surface area contributed by atoms with Crippen LogP contribution in [0.15, 0.2) is 48.5 Å². The Kier molecular flexibility index (Phi) is 6.35. The maximum absolute atomic E-state index is 12.3. The molecular weight excluding hydrogens is 366 g/mol. The summed E-state index contributed by atoms with van der Waals surface area (Å²) < 4.78 is 5.05. The van der Waals surface area contributed by atoms with Gasteiger partial charge in [-0.3, -0.25) is 4.79 Å². The zero-order valence-electron chi connectivity index (χ0n) is 14.9. The van der Waals surface area contributed by atoms with Crippen molar-refractivity contribution in [2.45, 2.75) is 19.3 Å². The molecule has 0 atom stereocenters. The molecule has 3 rings (SSSR count). The normalized spacial score (nSPS) is 14.8. The zero-order valence-corrected chi connectivity index (χ0v) is 15.7. The number of ether oxygens (including phenoxy) is 1. The van der Waals surface area contributed by atoms with Crippen LogP contribution in [-0.4, -0.2) is 41.6 Å². The van der Waals surface area contributed by atoms with Crippen LogP contribution < -0.4 is 0 Å². The maximum atomic E-state index is 12.3. The van der Waals surface area contributed by atoms with Gasteiger partial charge in [-0.25, -0.2) is 4.79 Å². The zero-order chi connectivity index (χ0) is 19.2. The second-order valence-corrected chi connectivity index (χ2v) is 7.19. The first-order chi connectivity index (χ1) is 13.0. The number of nitrogens with zero attached hydrogens (tertiary/aromatic N) is 1. The monoisotopic (exact) mass is 387 g/mol. The molecule has 1 aliphatic rings. The van der Waals surface area contributed by atoms with Gasteiger partial charge in [0, 0.05) is 18.1 Å². The third-order valence-electron chi connectivity index (χ3n) is 4.84. The minimum atomic E-state index is -0.762. The lowest BCUT2D eigenvalue weighted by molar-refractivity contribution is -0.135. The highest BCUT2D eigenvalue weighted by atomic mass is 35.5. The molecule has 1 fully saturated rings. The summed E-state index contributed by atoms with van der Waals surface area (Å²) in [5.41, 5.74) is 1.27. The summed E-state index contributed by atoms with van der Waals surface area (Å²) in [6, 6.07) is 14.5. The van der Waals surface area contributed by atoms with Crippen molar-refractivity contribution in [1.82, 2.24) is 4.90 Å². The standard InChI is InChI=1S/C21H22ClNO4/c22-17-6-7-19(24)18(13-17)21(26)27-14-20(25)23-10-8-16(9-11-23)12-15-4-2-1-3-5-15/h1-7,13,16,24H,8-12,14H2. The first-order valence-corrected chi connectivity index (χ1v) is 9.38. The number of piperidine rings is 1. The molecule has 2 aromatic rings. The molecule has 0 spiro atoms. The Bertz CT molecular complexity index is 801. The molecular formula is C21H22ClNO4. The van der Waals surface area contributed by atoms with Gasteiger partial charge in [-0.05, 0) is 48.9 Å². The van der Waals surface area contributed by atoms with Crippen molar-refractivity contribution >= 4 is 23.5 Å². The Hall–Kier alpha value is -2.53. The fraction of sp³-hybridized carbons (Fsp3) is 0.333. The van der Waals surface area contributed by atoms with Gasteiger partial charge >= 0.3 is 5.97 Å². The van der Waals surface area contributed by atoms with Crippen LogP contribution in [0, 0.1) is 5.92 Å². The fourth-order valence-corrected chi connectivity index (χ4v) is 3.47. The van der Waals surface area contributed by atoms with E-state index in [4.69, 9.17) is 16.3 Å². The third kappa shape index (κ3) is 5.23. The van der Waals surface area contributed by atoms with Crippen LogP contribution in [0.3, 0.4) is 0 Å². The fourth-order valence-electron chi connectivity index (χ4n) is 3.30. The van der Waals surface area contributed by atoms with E-state index in [0.717, 1.165) is 19.3 Å². The molecule has 142 valence electrons. The highest BCUT2D eigenvalue weighted by Crippen LogP contribution is 2.23. The second kappa shape index (κ2) is 8.91. The van der Waals surface area contributed by atoms with Crippen LogP contribution in [0.5, 0.6) is 5.75 Å². The van der Waals surface area contributed by atoms with Gasteiger partial charge in [0.25, 0.3) is 5.91 Å². The van der Waals surface area contributed by atoms with Crippen molar-refractivity contribution in [3.05, 3.63) is 64.7 Å². The number of carbonyl (C=O) groups excluding carboxylic acids is 2. The Morgan fingerprint density at radius 2 is 1.81 bits per heavy atom. The summed E-state index contributed by atoms with van der Waals surface area (Å²) in [5.74, 6) is -0.647. The Balaban J connectivity index is 1.45. The van der Waals surface area contributed by atoms with Crippen molar-refractivity contribution in [2.24, 2.45) is 5.92 Å². The number of rotatable bonds is 5. The molecule has 0 unspecified atom stereocenters. The summed E-state index contributed by atoms with van der Waals surface area (Å²) in [5, 5.41) is 10.0. The number of benzene rings is 2. The second-order valence-electron chi connectivity index (χ2n) is 6.75. The molecule has 0 aromatic heterocycles. The van der Waals surface area contributed by atoms with E-state index in [1.54, 1.807) is 4.90 Å². The van der Waals surface area contributed by atoms with Gasteiger partial charge in [0.1, 0.15) is 11.3 Å². The molecule has 0 bridgehead atoms. The van der Waals surface area contributed by atoms with E-state index >= 15 is 0 Å². The smallest absolute Gasteiger partial charge is 0.342 e. The molecule has 27 heavy (non-hydrogen) atoms. The highest BCUT2D eigenvalue weighted by molar-refractivity contribution is 6.31. The van der Waals surface area contributed by atoms with Gasteiger partial charge in [0.15, 0.2) is 6.61 Å². The van der Waals surface area contributed by atoms with Crippen molar-refractivity contribution in [3.63, 3.8) is 0 Å². The molecule has 1 aliphatic heterocycles. The van der Waals surface area contributed by atoms with E-state index in [9.17, 15) is 14.7 Å². The van der Waals surface area contributed by atoms with Gasteiger partial charge in [0.2, 0.25) is 0 Å². The first kappa shape index (κ1) is 19.2. The molecule has 1 saturated heterocycles. The average Bonchev–Trinajstić information content (AvgIpc) is 2.69. The SMILES string of the molecule is O=C(OCC(=O)N1CCC(Cc2ccccc2)CC1)c1cc(Cl)ccc1O. The lowest BCUT2D eigenvalue weighted by atomic mass is 9.90. The molecule has 2 aromatic carbocycles. The Morgan fingerprint density at radius 1 is 1.11 bits per heavy atom. The lowest BCUT2D eigenvalue weighted by Gasteiger charge is -2.32. The average molecular weight is 388 g/mol. The number of phenols is 1. The quantitative estimate of drug-likeness (QED) is 0.794. The molecule has 1 amide bonds. The van der Waals surface area contributed by atoms with Gasteiger partial charge in [-0.15, -0.1) is 0 Å².